The lowest BCUT2D eigenvalue weighted by Crippen LogP contribution is -2.33. The van der Waals surface area contributed by atoms with Crippen LogP contribution in [0.3, 0.4) is 0 Å². The quantitative estimate of drug-likeness (QED) is 0.868. The zero-order chi connectivity index (χ0) is 11.9. The van der Waals surface area contributed by atoms with Gasteiger partial charge in [0.2, 0.25) is 0 Å². The maximum atomic E-state index is 12.1. The maximum absolute atomic E-state index is 12.1. The van der Waals surface area contributed by atoms with Crippen molar-refractivity contribution in [3.05, 3.63) is 22.2 Å². The van der Waals surface area contributed by atoms with Crippen LogP contribution in [-0.4, -0.2) is 20.2 Å². The zero-order valence-electron chi connectivity index (χ0n) is 9.25. The van der Waals surface area contributed by atoms with Gasteiger partial charge in [0, 0.05) is 10.5 Å². The van der Waals surface area contributed by atoms with Gasteiger partial charge in [-0.25, -0.2) is 8.42 Å². The van der Waals surface area contributed by atoms with Crippen LogP contribution in [0.15, 0.2) is 21.5 Å². The molecule has 1 aliphatic heterocycles. The summed E-state index contributed by atoms with van der Waals surface area (Å²) in [5.41, 5.74) is 1.66. The molecule has 0 saturated carbocycles. The Balaban J connectivity index is 2.64. The van der Waals surface area contributed by atoms with Gasteiger partial charge >= 0.3 is 0 Å². The molecule has 1 aliphatic rings. The van der Waals surface area contributed by atoms with Crippen molar-refractivity contribution in [2.45, 2.75) is 31.2 Å². The topological polar surface area (TPSA) is 46.2 Å². The first-order valence-corrected chi connectivity index (χ1v) is 7.68. The van der Waals surface area contributed by atoms with E-state index in [1.807, 2.05) is 19.9 Å². The van der Waals surface area contributed by atoms with Crippen molar-refractivity contribution < 1.29 is 8.42 Å². The maximum Gasteiger partial charge on any atom is 0.182 e. The molecule has 0 amide bonds. The van der Waals surface area contributed by atoms with Crippen LogP contribution in [0.5, 0.6) is 0 Å². The molecule has 1 aromatic rings. The number of hydrogen-bond donors (Lipinski definition) is 1. The van der Waals surface area contributed by atoms with E-state index in [0.29, 0.717) is 10.6 Å². The first-order chi connectivity index (χ1) is 7.44. The number of fused-ring (bicyclic) bond motifs is 1. The average molecular weight is 304 g/mol. The van der Waals surface area contributed by atoms with E-state index in [4.69, 9.17) is 0 Å². The lowest BCUT2D eigenvalue weighted by Gasteiger charge is -2.27. The van der Waals surface area contributed by atoms with Crippen LogP contribution in [0.2, 0.25) is 0 Å². The van der Waals surface area contributed by atoms with E-state index in [2.05, 4.69) is 21.2 Å². The Morgan fingerprint density at radius 3 is 2.81 bits per heavy atom. The monoisotopic (exact) mass is 303 g/mol. The second-order valence-corrected chi connectivity index (χ2v) is 7.01. The fraction of sp³-hybridized carbons (Fsp3) is 0.455. The van der Waals surface area contributed by atoms with Crippen molar-refractivity contribution in [1.29, 1.82) is 0 Å². The highest BCUT2D eigenvalue weighted by atomic mass is 79.9. The van der Waals surface area contributed by atoms with Gasteiger partial charge in [0.05, 0.1) is 16.3 Å². The summed E-state index contributed by atoms with van der Waals surface area (Å²) in [6, 6.07) is 3.67. The minimum Gasteiger partial charge on any atom is -0.379 e. The molecule has 0 aliphatic carbocycles. The molecule has 0 bridgehead atoms. The molecule has 1 aromatic carbocycles. The zero-order valence-corrected chi connectivity index (χ0v) is 11.7. The van der Waals surface area contributed by atoms with E-state index in [1.165, 1.54) is 0 Å². The Morgan fingerprint density at radius 1 is 1.50 bits per heavy atom. The third-order valence-corrected chi connectivity index (χ3v) is 5.25. The molecule has 16 heavy (non-hydrogen) atoms. The minimum atomic E-state index is -3.14. The van der Waals surface area contributed by atoms with Crippen LogP contribution in [0, 0.1) is 6.92 Å². The predicted molar refractivity (Wildman–Crippen MR) is 68.6 cm³/mol. The molecular weight excluding hydrogens is 290 g/mol. The van der Waals surface area contributed by atoms with Gasteiger partial charge in [0.25, 0.3) is 0 Å². The largest absolute Gasteiger partial charge is 0.379 e. The molecule has 2 rings (SSSR count). The molecule has 3 nitrogen and oxygen atoms in total. The second kappa shape index (κ2) is 4.04. The van der Waals surface area contributed by atoms with Gasteiger partial charge in [-0.3, -0.25) is 0 Å². The number of nitrogens with one attached hydrogen (secondary N) is 1. The standard InChI is InChI=1S/C11H14BrNO2S/c1-3-8-6-16(14,15)10-5-7(2)4-9(12)11(10)13-8/h4-5,8,13H,3,6H2,1-2H3. The molecular formula is C11H14BrNO2S. The first-order valence-electron chi connectivity index (χ1n) is 5.23. The van der Waals surface area contributed by atoms with Gasteiger partial charge in [0.1, 0.15) is 0 Å². The number of sulfone groups is 1. The fourth-order valence-corrected chi connectivity index (χ4v) is 4.61. The Kier molecular flexibility index (Phi) is 3.01. The summed E-state index contributed by atoms with van der Waals surface area (Å²) in [7, 11) is -3.14. The predicted octanol–water partition coefficient (Wildman–Crippen LogP) is 2.74. The lowest BCUT2D eigenvalue weighted by atomic mass is 10.2. The van der Waals surface area contributed by atoms with E-state index in [0.717, 1.165) is 16.5 Å². The normalized spacial score (nSPS) is 22.3. The molecule has 5 heteroatoms. The van der Waals surface area contributed by atoms with Crippen LogP contribution in [-0.2, 0) is 9.84 Å². The van der Waals surface area contributed by atoms with Crippen molar-refractivity contribution in [1.82, 2.24) is 0 Å². The minimum absolute atomic E-state index is 0.0107. The van der Waals surface area contributed by atoms with Crippen LogP contribution in [0.4, 0.5) is 5.69 Å². The van der Waals surface area contributed by atoms with Gasteiger partial charge < -0.3 is 5.32 Å². The number of aryl methyl sites for hydroxylation is 1. The lowest BCUT2D eigenvalue weighted by molar-refractivity contribution is 0.583. The molecule has 0 saturated heterocycles. The molecule has 1 heterocycles. The summed E-state index contributed by atoms with van der Waals surface area (Å²) in [5.74, 6) is 0.187. The summed E-state index contributed by atoms with van der Waals surface area (Å²) in [6.45, 7) is 3.88. The molecule has 0 radical (unpaired) electrons. The Labute approximate surface area is 104 Å². The van der Waals surface area contributed by atoms with Gasteiger partial charge in [-0.15, -0.1) is 0 Å². The van der Waals surface area contributed by atoms with Crippen LogP contribution >= 0.6 is 15.9 Å². The smallest absolute Gasteiger partial charge is 0.182 e. The fourth-order valence-electron chi connectivity index (χ4n) is 1.92. The third kappa shape index (κ3) is 1.98. The summed E-state index contributed by atoms with van der Waals surface area (Å²) in [5, 5.41) is 3.27. The van der Waals surface area contributed by atoms with E-state index in [9.17, 15) is 8.42 Å². The van der Waals surface area contributed by atoms with E-state index < -0.39 is 9.84 Å². The van der Waals surface area contributed by atoms with Crippen molar-refractivity contribution in [3.63, 3.8) is 0 Å². The number of benzene rings is 1. The van der Waals surface area contributed by atoms with Gasteiger partial charge in [-0.05, 0) is 47.0 Å². The van der Waals surface area contributed by atoms with E-state index >= 15 is 0 Å². The Bertz CT molecular complexity index is 525. The van der Waals surface area contributed by atoms with Crippen LogP contribution < -0.4 is 5.32 Å². The second-order valence-electron chi connectivity index (χ2n) is 4.15. The number of halogens is 1. The van der Waals surface area contributed by atoms with Crippen molar-refractivity contribution in [3.8, 4) is 0 Å². The third-order valence-electron chi connectivity index (χ3n) is 2.80. The van der Waals surface area contributed by atoms with Crippen molar-refractivity contribution in [2.24, 2.45) is 0 Å². The SMILES string of the molecule is CCC1CS(=O)(=O)c2cc(C)cc(Br)c2N1. The summed E-state index contributed by atoms with van der Waals surface area (Å²) in [4.78, 5) is 0.420. The molecule has 0 fully saturated rings. The summed E-state index contributed by atoms with van der Waals surface area (Å²) in [6.07, 6.45) is 0.805. The number of hydrogen-bond acceptors (Lipinski definition) is 3. The molecule has 0 spiro atoms. The van der Waals surface area contributed by atoms with Crippen molar-refractivity contribution >= 4 is 31.5 Å². The molecule has 1 atom stereocenters. The van der Waals surface area contributed by atoms with Gasteiger partial charge in [-0.2, -0.15) is 0 Å². The number of anilines is 1. The highest BCUT2D eigenvalue weighted by Crippen LogP contribution is 2.36. The first kappa shape index (κ1) is 11.9. The molecule has 1 N–H and O–H groups in total. The van der Waals surface area contributed by atoms with Gasteiger partial charge in [-0.1, -0.05) is 6.92 Å². The summed E-state index contributed by atoms with van der Waals surface area (Å²) < 4.78 is 25.0. The van der Waals surface area contributed by atoms with E-state index in [-0.39, 0.29) is 11.8 Å². The molecule has 88 valence electrons. The number of rotatable bonds is 1. The van der Waals surface area contributed by atoms with Crippen molar-refractivity contribution in [2.75, 3.05) is 11.1 Å². The highest BCUT2D eigenvalue weighted by molar-refractivity contribution is 9.10. The Hall–Kier alpha value is -0.550. The average Bonchev–Trinajstić information content (AvgIpc) is 2.18. The van der Waals surface area contributed by atoms with E-state index in [1.54, 1.807) is 6.07 Å². The Morgan fingerprint density at radius 2 is 2.19 bits per heavy atom. The molecule has 0 aromatic heterocycles. The van der Waals surface area contributed by atoms with Gasteiger partial charge in [0.15, 0.2) is 9.84 Å². The molecule has 1 unspecified atom stereocenters. The van der Waals surface area contributed by atoms with Crippen LogP contribution in [0.25, 0.3) is 0 Å². The highest BCUT2D eigenvalue weighted by Gasteiger charge is 2.30. The summed E-state index contributed by atoms with van der Waals surface area (Å²) >= 11 is 3.41. The van der Waals surface area contributed by atoms with Crippen LogP contribution in [0.1, 0.15) is 18.9 Å².